The van der Waals surface area contributed by atoms with Crippen molar-refractivity contribution in [3.05, 3.63) is 11.6 Å². The van der Waals surface area contributed by atoms with Crippen LogP contribution in [-0.4, -0.2) is 29.8 Å². The van der Waals surface area contributed by atoms with Gasteiger partial charge in [0.1, 0.15) is 0 Å². The lowest BCUT2D eigenvalue weighted by atomic mass is 10.0. The number of piperidine rings is 1. The monoisotopic (exact) mass is 167 g/mol. The fourth-order valence-corrected chi connectivity index (χ4v) is 1.48. The lowest BCUT2D eigenvalue weighted by Crippen LogP contribution is -2.40. The van der Waals surface area contributed by atoms with Crippen molar-refractivity contribution in [1.29, 1.82) is 0 Å². The van der Waals surface area contributed by atoms with E-state index in [1.54, 1.807) is 0 Å². The predicted molar refractivity (Wildman–Crippen MR) is 50.1 cm³/mol. The van der Waals surface area contributed by atoms with Gasteiger partial charge in [-0.15, -0.1) is 0 Å². The number of carbonyl (C=O) groups excluding carboxylic acids is 1. The molecule has 0 N–H and O–H groups in total. The van der Waals surface area contributed by atoms with Crippen LogP contribution in [0.3, 0.4) is 0 Å². The second kappa shape index (κ2) is 3.85. The van der Waals surface area contributed by atoms with Gasteiger partial charge in [-0.2, -0.15) is 0 Å². The largest absolute Gasteiger partial charge is 0.296 e. The van der Waals surface area contributed by atoms with E-state index in [4.69, 9.17) is 0 Å². The number of likely N-dealkylation sites (tertiary alicyclic amines) is 1. The average Bonchev–Trinajstić information content (AvgIpc) is 2.05. The van der Waals surface area contributed by atoms with E-state index >= 15 is 0 Å². The second-order valence-corrected chi connectivity index (χ2v) is 3.55. The van der Waals surface area contributed by atoms with Crippen molar-refractivity contribution >= 4 is 5.78 Å². The lowest BCUT2D eigenvalue weighted by Gasteiger charge is -2.30. The van der Waals surface area contributed by atoms with Gasteiger partial charge in [0.15, 0.2) is 5.78 Å². The smallest absolute Gasteiger partial charge is 0.161 e. The average molecular weight is 167 g/mol. The summed E-state index contributed by atoms with van der Waals surface area (Å²) in [4.78, 5) is 13.6. The highest BCUT2D eigenvalue weighted by Gasteiger charge is 2.21. The topological polar surface area (TPSA) is 20.3 Å². The zero-order valence-corrected chi connectivity index (χ0v) is 8.13. The van der Waals surface area contributed by atoms with Crippen molar-refractivity contribution in [2.75, 3.05) is 13.1 Å². The van der Waals surface area contributed by atoms with Crippen LogP contribution < -0.4 is 0 Å². The second-order valence-electron chi connectivity index (χ2n) is 3.55. The van der Waals surface area contributed by atoms with Crippen LogP contribution in [0.25, 0.3) is 0 Å². The number of carbonyl (C=O) groups is 1. The van der Waals surface area contributed by atoms with Gasteiger partial charge in [-0.25, -0.2) is 0 Å². The van der Waals surface area contributed by atoms with E-state index in [0.717, 1.165) is 18.7 Å². The molecule has 1 fully saturated rings. The fraction of sp³-hybridized carbons (Fsp3) is 0.700. The Balaban J connectivity index is 2.62. The first kappa shape index (κ1) is 9.46. The van der Waals surface area contributed by atoms with Crippen LogP contribution in [0, 0.1) is 0 Å². The lowest BCUT2D eigenvalue weighted by molar-refractivity contribution is -0.117. The molecule has 1 heterocycles. The Labute approximate surface area is 74.2 Å². The summed E-state index contributed by atoms with van der Waals surface area (Å²) in [7, 11) is 0. The number of hydrogen-bond acceptors (Lipinski definition) is 2. The van der Waals surface area contributed by atoms with E-state index < -0.39 is 0 Å². The SMILES string of the molecule is C/C=C1\CN(C(C)C)CCC1=O. The third-order valence-corrected chi connectivity index (χ3v) is 2.44. The Hall–Kier alpha value is -0.630. The van der Waals surface area contributed by atoms with Crippen molar-refractivity contribution < 1.29 is 4.79 Å². The van der Waals surface area contributed by atoms with E-state index in [1.807, 2.05) is 13.0 Å². The molecule has 0 amide bonds. The third-order valence-electron chi connectivity index (χ3n) is 2.44. The fourth-order valence-electron chi connectivity index (χ4n) is 1.48. The Morgan fingerprint density at radius 3 is 2.67 bits per heavy atom. The maximum atomic E-state index is 11.3. The van der Waals surface area contributed by atoms with Crippen LogP contribution in [0.5, 0.6) is 0 Å². The number of rotatable bonds is 1. The molecule has 0 saturated carbocycles. The van der Waals surface area contributed by atoms with Gasteiger partial charge in [0.05, 0.1) is 0 Å². The Bertz CT molecular complexity index is 206. The van der Waals surface area contributed by atoms with Gasteiger partial charge in [0.2, 0.25) is 0 Å². The molecule has 0 aromatic rings. The van der Waals surface area contributed by atoms with E-state index in [0.29, 0.717) is 18.2 Å². The molecule has 1 saturated heterocycles. The first-order valence-electron chi connectivity index (χ1n) is 4.57. The van der Waals surface area contributed by atoms with Crippen LogP contribution in [0.4, 0.5) is 0 Å². The minimum atomic E-state index is 0.328. The van der Waals surface area contributed by atoms with Gasteiger partial charge in [-0.05, 0) is 20.8 Å². The highest BCUT2D eigenvalue weighted by atomic mass is 16.1. The molecular weight excluding hydrogens is 150 g/mol. The van der Waals surface area contributed by atoms with Crippen molar-refractivity contribution in [1.82, 2.24) is 4.90 Å². The maximum absolute atomic E-state index is 11.3. The molecule has 68 valence electrons. The Morgan fingerprint density at radius 2 is 2.17 bits per heavy atom. The maximum Gasteiger partial charge on any atom is 0.161 e. The molecule has 0 aromatic heterocycles. The summed E-state index contributed by atoms with van der Waals surface area (Å²) in [5, 5.41) is 0. The first-order chi connectivity index (χ1) is 5.65. The molecular formula is C10H17NO. The summed E-state index contributed by atoms with van der Waals surface area (Å²) >= 11 is 0. The number of Topliss-reactive ketones (excluding diaryl/α,β-unsaturated/α-hetero) is 1. The first-order valence-corrected chi connectivity index (χ1v) is 4.57. The van der Waals surface area contributed by atoms with E-state index in [2.05, 4.69) is 18.7 Å². The minimum absolute atomic E-state index is 0.328. The minimum Gasteiger partial charge on any atom is -0.296 e. The van der Waals surface area contributed by atoms with Gasteiger partial charge in [-0.1, -0.05) is 6.08 Å². The number of ketones is 1. The molecule has 1 aliphatic rings. The molecule has 0 atom stereocenters. The Kier molecular flexibility index (Phi) is 3.04. The van der Waals surface area contributed by atoms with Gasteiger partial charge in [0, 0.05) is 31.1 Å². The van der Waals surface area contributed by atoms with Crippen LogP contribution in [-0.2, 0) is 4.79 Å². The number of nitrogens with zero attached hydrogens (tertiary/aromatic N) is 1. The quantitative estimate of drug-likeness (QED) is 0.553. The van der Waals surface area contributed by atoms with Gasteiger partial charge < -0.3 is 0 Å². The molecule has 0 radical (unpaired) electrons. The third kappa shape index (κ3) is 1.95. The van der Waals surface area contributed by atoms with Crippen LogP contribution in [0.15, 0.2) is 11.6 Å². The number of allylic oxidation sites excluding steroid dienone is 1. The van der Waals surface area contributed by atoms with Crippen LogP contribution in [0.1, 0.15) is 27.2 Å². The van der Waals surface area contributed by atoms with Gasteiger partial charge >= 0.3 is 0 Å². The summed E-state index contributed by atoms with van der Waals surface area (Å²) in [6.45, 7) is 8.05. The molecule has 2 heteroatoms. The number of hydrogen-bond donors (Lipinski definition) is 0. The normalized spacial score (nSPS) is 24.0. The molecule has 0 aliphatic carbocycles. The summed E-state index contributed by atoms with van der Waals surface area (Å²) in [5.41, 5.74) is 0.981. The molecule has 0 bridgehead atoms. The molecule has 0 unspecified atom stereocenters. The predicted octanol–water partition coefficient (Wildman–Crippen LogP) is 1.62. The van der Waals surface area contributed by atoms with Crippen molar-refractivity contribution in [3.8, 4) is 0 Å². The molecule has 1 aliphatic heterocycles. The molecule has 12 heavy (non-hydrogen) atoms. The highest BCUT2D eigenvalue weighted by molar-refractivity contribution is 5.96. The standard InChI is InChI=1S/C10H17NO/c1-4-9-7-11(8(2)3)6-5-10(9)12/h4,8H,5-7H2,1-3H3/b9-4+. The molecule has 0 aromatic carbocycles. The van der Waals surface area contributed by atoms with E-state index in [-0.39, 0.29) is 0 Å². The summed E-state index contributed by atoms with van der Waals surface area (Å²) in [6, 6.07) is 0.549. The summed E-state index contributed by atoms with van der Waals surface area (Å²) < 4.78 is 0. The molecule has 2 nitrogen and oxygen atoms in total. The van der Waals surface area contributed by atoms with E-state index in [1.165, 1.54) is 0 Å². The van der Waals surface area contributed by atoms with Crippen molar-refractivity contribution in [2.24, 2.45) is 0 Å². The van der Waals surface area contributed by atoms with Gasteiger partial charge in [-0.3, -0.25) is 9.69 Å². The van der Waals surface area contributed by atoms with Crippen molar-refractivity contribution in [2.45, 2.75) is 33.2 Å². The zero-order chi connectivity index (χ0) is 9.14. The summed E-state index contributed by atoms with van der Waals surface area (Å²) in [6.07, 6.45) is 2.63. The van der Waals surface area contributed by atoms with E-state index in [9.17, 15) is 4.79 Å². The summed E-state index contributed by atoms with van der Waals surface area (Å²) in [5.74, 6) is 0.328. The molecule has 0 spiro atoms. The van der Waals surface area contributed by atoms with Crippen LogP contribution in [0.2, 0.25) is 0 Å². The van der Waals surface area contributed by atoms with Crippen LogP contribution >= 0.6 is 0 Å². The van der Waals surface area contributed by atoms with Crippen molar-refractivity contribution in [3.63, 3.8) is 0 Å². The van der Waals surface area contributed by atoms with Gasteiger partial charge in [0.25, 0.3) is 0 Å². The highest BCUT2D eigenvalue weighted by Crippen LogP contribution is 2.13. The zero-order valence-electron chi connectivity index (χ0n) is 8.13. The molecule has 1 rings (SSSR count). The Morgan fingerprint density at radius 1 is 1.50 bits per heavy atom.